The van der Waals surface area contributed by atoms with E-state index >= 15 is 0 Å². The summed E-state index contributed by atoms with van der Waals surface area (Å²) in [6.07, 6.45) is 1.46. The van der Waals surface area contributed by atoms with Crippen LogP contribution in [0.4, 0.5) is 16.2 Å². The number of ether oxygens (including phenoxy) is 2. The Morgan fingerprint density at radius 1 is 1.04 bits per heavy atom. The first-order valence-corrected chi connectivity index (χ1v) is 7.46. The van der Waals surface area contributed by atoms with Crippen molar-refractivity contribution in [2.24, 2.45) is 0 Å². The second-order valence-corrected chi connectivity index (χ2v) is 5.75. The lowest BCUT2D eigenvalue weighted by Gasteiger charge is -2.20. The van der Waals surface area contributed by atoms with Gasteiger partial charge in [0, 0.05) is 12.2 Å². The number of carbonyl (C=O) groups is 3. The minimum atomic E-state index is -0.634. The van der Waals surface area contributed by atoms with Crippen LogP contribution in [0.15, 0.2) is 36.4 Å². The molecule has 0 bridgehead atoms. The molecule has 0 aromatic heterocycles. The van der Waals surface area contributed by atoms with Gasteiger partial charge in [0.1, 0.15) is 5.60 Å². The van der Waals surface area contributed by atoms with Crippen molar-refractivity contribution in [3.8, 4) is 0 Å². The van der Waals surface area contributed by atoms with Crippen LogP contribution < -0.4 is 10.6 Å². The van der Waals surface area contributed by atoms with Crippen LogP contribution in [0.2, 0.25) is 0 Å². The van der Waals surface area contributed by atoms with Crippen LogP contribution in [0, 0.1) is 0 Å². The van der Waals surface area contributed by atoms with Crippen LogP contribution in [0.25, 0.3) is 0 Å². The van der Waals surface area contributed by atoms with E-state index in [1.54, 1.807) is 52.0 Å². The van der Waals surface area contributed by atoms with Gasteiger partial charge < -0.3 is 14.8 Å². The smallest absolute Gasteiger partial charge is 0.412 e. The first-order valence-electron chi connectivity index (χ1n) is 7.46. The third-order valence-electron chi connectivity index (χ3n) is 2.48. The number of para-hydroxylation sites is 2. The fourth-order valence-corrected chi connectivity index (χ4v) is 1.62. The molecule has 0 unspecified atom stereocenters. The summed E-state index contributed by atoms with van der Waals surface area (Å²) in [5, 5.41) is 5.14. The molecule has 0 fully saturated rings. The number of nitrogens with one attached hydrogen (secondary N) is 2. The summed E-state index contributed by atoms with van der Waals surface area (Å²) in [5.74, 6) is -1.13. The molecule has 0 saturated carbocycles. The van der Waals surface area contributed by atoms with E-state index < -0.39 is 23.6 Å². The molecular weight excluding hydrogens is 312 g/mol. The lowest BCUT2D eigenvalue weighted by atomic mass is 10.2. The fourth-order valence-electron chi connectivity index (χ4n) is 1.62. The largest absolute Gasteiger partial charge is 0.463 e. The second-order valence-electron chi connectivity index (χ2n) is 5.75. The van der Waals surface area contributed by atoms with E-state index in [0.717, 1.165) is 12.2 Å². The molecule has 130 valence electrons. The van der Waals surface area contributed by atoms with E-state index in [0.29, 0.717) is 11.4 Å². The van der Waals surface area contributed by atoms with Gasteiger partial charge in [-0.3, -0.25) is 10.1 Å². The van der Waals surface area contributed by atoms with Crippen LogP contribution in [0.5, 0.6) is 0 Å². The predicted molar refractivity (Wildman–Crippen MR) is 90.7 cm³/mol. The zero-order chi connectivity index (χ0) is 18.2. The Morgan fingerprint density at radius 3 is 2.17 bits per heavy atom. The number of carbonyl (C=O) groups excluding carboxylic acids is 3. The predicted octanol–water partition coefficient (Wildman–Crippen LogP) is 3.09. The molecule has 2 amide bonds. The van der Waals surface area contributed by atoms with E-state index in [1.807, 2.05) is 0 Å². The Hall–Kier alpha value is -2.83. The number of hydrogen-bond acceptors (Lipinski definition) is 5. The summed E-state index contributed by atoms with van der Waals surface area (Å²) in [7, 11) is 0. The summed E-state index contributed by atoms with van der Waals surface area (Å²) < 4.78 is 9.86. The van der Waals surface area contributed by atoms with Gasteiger partial charge in [-0.25, -0.2) is 9.59 Å². The maximum absolute atomic E-state index is 11.8. The Morgan fingerprint density at radius 2 is 1.62 bits per heavy atom. The average molecular weight is 334 g/mol. The van der Waals surface area contributed by atoms with Crippen LogP contribution >= 0.6 is 0 Å². The molecule has 7 heteroatoms. The van der Waals surface area contributed by atoms with E-state index in [4.69, 9.17) is 4.74 Å². The van der Waals surface area contributed by atoms with Crippen molar-refractivity contribution in [2.75, 3.05) is 17.2 Å². The molecular formula is C17H22N2O5. The lowest BCUT2D eigenvalue weighted by Crippen LogP contribution is -2.27. The third-order valence-corrected chi connectivity index (χ3v) is 2.48. The number of benzene rings is 1. The Kier molecular flexibility index (Phi) is 6.98. The monoisotopic (exact) mass is 334 g/mol. The molecule has 0 aliphatic heterocycles. The fraction of sp³-hybridized carbons (Fsp3) is 0.353. The van der Waals surface area contributed by atoms with Gasteiger partial charge in [-0.2, -0.15) is 0 Å². The van der Waals surface area contributed by atoms with Crippen molar-refractivity contribution in [1.29, 1.82) is 0 Å². The molecule has 0 atom stereocenters. The minimum absolute atomic E-state index is 0.230. The highest BCUT2D eigenvalue weighted by Gasteiger charge is 2.17. The molecule has 0 radical (unpaired) electrons. The lowest BCUT2D eigenvalue weighted by molar-refractivity contribution is -0.137. The highest BCUT2D eigenvalue weighted by molar-refractivity contribution is 6.05. The van der Waals surface area contributed by atoms with E-state index in [9.17, 15) is 14.4 Å². The number of amides is 2. The Balaban J connectivity index is 2.74. The van der Waals surface area contributed by atoms with Crippen molar-refractivity contribution < 1.29 is 23.9 Å². The molecule has 0 spiro atoms. The first-order chi connectivity index (χ1) is 11.2. The minimum Gasteiger partial charge on any atom is -0.463 e. The number of esters is 1. The highest BCUT2D eigenvalue weighted by atomic mass is 16.6. The number of anilines is 2. The highest BCUT2D eigenvalue weighted by Crippen LogP contribution is 2.22. The van der Waals surface area contributed by atoms with Crippen LogP contribution in [-0.4, -0.2) is 30.2 Å². The van der Waals surface area contributed by atoms with Gasteiger partial charge in [-0.1, -0.05) is 12.1 Å². The van der Waals surface area contributed by atoms with Gasteiger partial charge in [-0.15, -0.1) is 0 Å². The van der Waals surface area contributed by atoms with Crippen molar-refractivity contribution in [3.05, 3.63) is 36.4 Å². The molecule has 0 heterocycles. The summed E-state index contributed by atoms with van der Waals surface area (Å²) in [5.41, 5.74) is 0.122. The topological polar surface area (TPSA) is 93.7 Å². The van der Waals surface area contributed by atoms with E-state index in [-0.39, 0.29) is 6.61 Å². The number of hydrogen-bond donors (Lipinski definition) is 2. The second kappa shape index (κ2) is 8.71. The Bertz CT molecular complexity index is 632. The quantitative estimate of drug-likeness (QED) is 0.637. The van der Waals surface area contributed by atoms with Crippen molar-refractivity contribution in [2.45, 2.75) is 33.3 Å². The van der Waals surface area contributed by atoms with E-state index in [2.05, 4.69) is 15.4 Å². The van der Waals surface area contributed by atoms with Gasteiger partial charge >= 0.3 is 12.1 Å². The molecule has 2 N–H and O–H groups in total. The van der Waals surface area contributed by atoms with Crippen molar-refractivity contribution in [3.63, 3.8) is 0 Å². The molecule has 0 aliphatic carbocycles. The van der Waals surface area contributed by atoms with Crippen LogP contribution in [0.3, 0.4) is 0 Å². The van der Waals surface area contributed by atoms with Gasteiger partial charge in [0.2, 0.25) is 5.91 Å². The molecule has 1 rings (SSSR count). The number of rotatable bonds is 5. The molecule has 24 heavy (non-hydrogen) atoms. The molecule has 1 aromatic rings. The summed E-state index contributed by atoms with van der Waals surface area (Å²) >= 11 is 0. The average Bonchev–Trinajstić information content (AvgIpc) is 2.45. The van der Waals surface area contributed by atoms with Gasteiger partial charge in [0.15, 0.2) is 0 Å². The zero-order valence-corrected chi connectivity index (χ0v) is 14.2. The standard InChI is InChI=1S/C17H22N2O5/c1-5-23-15(21)11-10-14(20)18-12-8-6-7-9-13(12)19-16(22)24-17(2,3)4/h6-11H,5H2,1-4H3,(H,18,20)(H,19,22). The summed E-state index contributed by atoms with van der Waals surface area (Å²) in [6.45, 7) is 7.15. The molecule has 1 aromatic carbocycles. The van der Waals surface area contributed by atoms with Gasteiger partial charge in [-0.05, 0) is 39.8 Å². The molecule has 0 saturated heterocycles. The SMILES string of the molecule is CCOC(=O)C=CC(=O)Nc1ccccc1NC(=O)OC(C)(C)C. The third kappa shape index (κ3) is 7.44. The van der Waals surface area contributed by atoms with Gasteiger partial charge in [0.05, 0.1) is 18.0 Å². The van der Waals surface area contributed by atoms with Crippen molar-refractivity contribution >= 4 is 29.3 Å². The van der Waals surface area contributed by atoms with E-state index in [1.165, 1.54) is 0 Å². The summed E-state index contributed by atoms with van der Waals surface area (Å²) in [4.78, 5) is 34.9. The van der Waals surface area contributed by atoms with Crippen LogP contribution in [0.1, 0.15) is 27.7 Å². The first kappa shape index (κ1) is 19.2. The Labute approximate surface area is 141 Å². The zero-order valence-electron chi connectivity index (χ0n) is 14.2. The maximum Gasteiger partial charge on any atom is 0.412 e. The maximum atomic E-state index is 11.8. The van der Waals surface area contributed by atoms with Crippen molar-refractivity contribution in [1.82, 2.24) is 0 Å². The molecule has 0 aliphatic rings. The summed E-state index contributed by atoms with van der Waals surface area (Å²) in [6, 6.07) is 6.64. The normalized spacial score (nSPS) is 11.0. The van der Waals surface area contributed by atoms with Gasteiger partial charge in [0.25, 0.3) is 0 Å². The van der Waals surface area contributed by atoms with Crippen LogP contribution in [-0.2, 0) is 19.1 Å². The molecule has 7 nitrogen and oxygen atoms in total.